The molecular formula is C44H53F4N9O7. The summed E-state index contributed by atoms with van der Waals surface area (Å²) >= 11 is 0. The number of imidazole rings is 2. The maximum atomic E-state index is 15.0. The van der Waals surface area contributed by atoms with Crippen molar-refractivity contribution in [2.75, 3.05) is 39.3 Å². The van der Waals surface area contributed by atoms with Crippen molar-refractivity contribution in [3.63, 3.8) is 0 Å². The van der Waals surface area contributed by atoms with E-state index in [0.29, 0.717) is 29.1 Å². The number of alkyl carbamates (subject to hydrolysis) is 2. The highest BCUT2D eigenvalue weighted by molar-refractivity contribution is 5.88. The Kier molecular flexibility index (Phi) is 12.6. The number of fused-ring (bicyclic) bond motifs is 1. The van der Waals surface area contributed by atoms with Gasteiger partial charge in [0.15, 0.2) is 0 Å². The van der Waals surface area contributed by atoms with Crippen LogP contribution in [0.4, 0.5) is 32.8 Å². The lowest BCUT2D eigenvalue weighted by Crippen LogP contribution is -2.51. The number of amides is 4. The molecule has 1 aliphatic carbocycles. The van der Waals surface area contributed by atoms with Gasteiger partial charge in [-0.25, -0.2) is 37.1 Å². The number of H-pyrrole nitrogens is 2. The minimum Gasteiger partial charge on any atom is -0.495 e. The molecule has 2 fully saturated rings. The van der Waals surface area contributed by atoms with Gasteiger partial charge in [0.1, 0.15) is 29.5 Å². The maximum absolute atomic E-state index is 15.0. The molecule has 344 valence electrons. The Balaban J connectivity index is 1.12. The minimum atomic E-state index is -3.19. The van der Waals surface area contributed by atoms with E-state index in [4.69, 9.17) is 4.74 Å². The number of benzene rings is 1. The summed E-state index contributed by atoms with van der Waals surface area (Å²) in [6.45, 7) is 7.08. The summed E-state index contributed by atoms with van der Waals surface area (Å²) in [5.41, 5.74) is 5.17. The van der Waals surface area contributed by atoms with E-state index in [1.54, 1.807) is 40.0 Å². The zero-order chi connectivity index (χ0) is 46.4. The third kappa shape index (κ3) is 8.90. The summed E-state index contributed by atoms with van der Waals surface area (Å²) in [6.07, 6.45) is 6.71. The van der Waals surface area contributed by atoms with Gasteiger partial charge in [-0.05, 0) is 54.5 Å². The molecule has 2 saturated heterocycles. The first-order valence-corrected chi connectivity index (χ1v) is 21.0. The molecule has 4 amide bonds. The number of allylic oxidation sites excluding steroid dienone is 2. The number of methoxy groups -OCH3 is 3. The molecular weight excluding hydrogens is 843 g/mol. The predicted octanol–water partition coefficient (Wildman–Crippen LogP) is 6.89. The molecule has 7 rings (SSSR count). The number of rotatable bonds is 12. The molecule has 4 N–H and O–H groups in total. The van der Waals surface area contributed by atoms with Gasteiger partial charge >= 0.3 is 12.2 Å². The van der Waals surface area contributed by atoms with Crippen LogP contribution in [0, 0.1) is 11.8 Å². The smallest absolute Gasteiger partial charge is 0.407 e. The third-order valence-corrected chi connectivity index (χ3v) is 12.2. The average molecular weight is 896 g/mol. The highest BCUT2D eigenvalue weighted by Gasteiger charge is 2.52. The van der Waals surface area contributed by atoms with Crippen molar-refractivity contribution in [3.05, 3.63) is 77.4 Å². The van der Waals surface area contributed by atoms with Crippen molar-refractivity contribution in [2.24, 2.45) is 11.8 Å². The van der Waals surface area contributed by atoms with Crippen LogP contribution in [-0.2, 0) is 19.1 Å². The fourth-order valence-corrected chi connectivity index (χ4v) is 8.94. The molecule has 64 heavy (non-hydrogen) atoms. The molecule has 0 saturated carbocycles. The number of carbonyl (C=O) groups excluding carboxylic acids is 4. The van der Waals surface area contributed by atoms with Gasteiger partial charge < -0.3 is 49.5 Å². The van der Waals surface area contributed by atoms with Crippen molar-refractivity contribution in [1.82, 2.24) is 40.4 Å². The van der Waals surface area contributed by atoms with E-state index >= 15 is 8.78 Å². The highest BCUT2D eigenvalue weighted by atomic mass is 19.3. The largest absolute Gasteiger partial charge is 0.495 e. The van der Waals surface area contributed by atoms with Crippen LogP contribution in [0.3, 0.4) is 0 Å². The molecule has 4 aliphatic rings. The Morgan fingerprint density at radius 1 is 0.781 bits per heavy atom. The summed E-state index contributed by atoms with van der Waals surface area (Å²) in [6, 6.07) is 0.958. The van der Waals surface area contributed by atoms with E-state index in [9.17, 15) is 28.0 Å². The molecule has 5 atom stereocenters. The van der Waals surface area contributed by atoms with E-state index in [2.05, 4.69) is 51.0 Å². The molecule has 0 spiro atoms. The van der Waals surface area contributed by atoms with Crippen molar-refractivity contribution in [3.8, 4) is 17.0 Å². The lowest BCUT2D eigenvalue weighted by molar-refractivity contribution is -0.137. The van der Waals surface area contributed by atoms with Crippen LogP contribution in [0.5, 0.6) is 5.75 Å². The number of nitrogens with one attached hydrogen (secondary N) is 4. The number of anilines is 1. The molecule has 3 aromatic rings. The summed E-state index contributed by atoms with van der Waals surface area (Å²) in [4.78, 5) is 70.9. The normalized spacial score (nSPS) is 22.1. The van der Waals surface area contributed by atoms with Crippen LogP contribution in [0.15, 0.2) is 60.1 Å². The number of aromatic amines is 2. The number of hydrogen-bond acceptors (Lipinski definition) is 10. The second kappa shape index (κ2) is 17.7. The van der Waals surface area contributed by atoms with Crippen LogP contribution in [0.2, 0.25) is 0 Å². The second-order valence-corrected chi connectivity index (χ2v) is 17.2. The average Bonchev–Trinajstić information content (AvgIpc) is 4.10. The Morgan fingerprint density at radius 3 is 1.80 bits per heavy atom. The van der Waals surface area contributed by atoms with Gasteiger partial charge in [0.2, 0.25) is 11.8 Å². The third-order valence-electron chi connectivity index (χ3n) is 12.2. The molecule has 5 heterocycles. The van der Waals surface area contributed by atoms with Crippen molar-refractivity contribution in [1.29, 1.82) is 0 Å². The first-order chi connectivity index (χ1) is 30.3. The molecule has 0 radical (unpaired) electrons. The number of likely N-dealkylation sites (tertiary alicyclic amines) is 2. The maximum Gasteiger partial charge on any atom is 0.407 e. The fraction of sp³-hybridized carbons (Fsp3) is 0.500. The second-order valence-electron chi connectivity index (χ2n) is 17.2. The Hall–Kier alpha value is -6.34. The molecule has 1 aromatic carbocycles. The van der Waals surface area contributed by atoms with Crippen LogP contribution in [-0.4, -0.2) is 118 Å². The van der Waals surface area contributed by atoms with Crippen molar-refractivity contribution in [2.45, 2.75) is 95.9 Å². The van der Waals surface area contributed by atoms with Gasteiger partial charge in [0, 0.05) is 30.2 Å². The minimum absolute atomic E-state index is 0.163. The number of carbonyl (C=O) groups is 4. The SMILES string of the molecule is COC(=O)NC(C(=O)N1CC(F)(F)CC1c1ncc(C2=C3C=CN(c4ccc(-c5cnc(C6CC(F)(F)CN6C(=O)C(NC(=O)OC)C(C)C)[nH]5)cc4OC)C3CC=C2C)[nH]1)C(C)C. The highest BCUT2D eigenvalue weighted by Crippen LogP contribution is 2.46. The van der Waals surface area contributed by atoms with Gasteiger partial charge in [-0.2, -0.15) is 0 Å². The number of halogens is 4. The van der Waals surface area contributed by atoms with E-state index in [1.165, 1.54) is 13.3 Å². The van der Waals surface area contributed by atoms with Gasteiger partial charge in [0.25, 0.3) is 11.8 Å². The molecule has 20 heteroatoms. The molecule has 16 nitrogen and oxygen atoms in total. The van der Waals surface area contributed by atoms with Crippen LogP contribution in [0.25, 0.3) is 16.8 Å². The zero-order valence-corrected chi connectivity index (χ0v) is 36.8. The van der Waals surface area contributed by atoms with Gasteiger partial charge in [-0.3, -0.25) is 9.59 Å². The predicted molar refractivity (Wildman–Crippen MR) is 226 cm³/mol. The Bertz CT molecular complexity index is 2390. The standard InChI is InChI=1S/C44H53F4N9O7/c1-22(2)35(53-41(60)63-7)39(58)56-20-43(45,46)16-31(56)37-49-18-27(51-37)25-10-12-30(33(15-25)62-6)55-14-13-26-29(55)11-9-24(5)34(26)28-19-50-38(52-28)32-17-44(47,48)21-57(32)40(59)36(23(3)4)54-42(61)64-8/h9-10,12-15,18-19,22-23,29,31-32,35-36H,11,16-17,20-21H2,1-8H3,(H,49,51)(H,50,52)(H,53,60)(H,54,61). The summed E-state index contributed by atoms with van der Waals surface area (Å²) < 4.78 is 75.2. The summed E-state index contributed by atoms with van der Waals surface area (Å²) in [5, 5.41) is 4.95. The summed E-state index contributed by atoms with van der Waals surface area (Å²) in [5.74, 6) is -7.68. The molecule has 2 aromatic heterocycles. The number of alkyl halides is 4. The van der Waals surface area contributed by atoms with Crippen LogP contribution >= 0.6 is 0 Å². The lowest BCUT2D eigenvalue weighted by atomic mass is 9.87. The number of ether oxygens (including phenoxy) is 3. The van der Waals surface area contributed by atoms with Crippen molar-refractivity contribution >= 4 is 35.3 Å². The van der Waals surface area contributed by atoms with Gasteiger partial charge in [0.05, 0.1) is 82.0 Å². The zero-order valence-electron chi connectivity index (χ0n) is 36.8. The Labute approximate surface area is 367 Å². The monoisotopic (exact) mass is 895 g/mol. The van der Waals surface area contributed by atoms with E-state index < -0.39 is 97.8 Å². The lowest BCUT2D eigenvalue weighted by Gasteiger charge is -2.31. The van der Waals surface area contributed by atoms with E-state index in [1.807, 2.05) is 31.3 Å². The molecule has 3 aliphatic heterocycles. The molecule has 0 bridgehead atoms. The quantitative estimate of drug-likeness (QED) is 0.140. The number of hydrogen-bond donors (Lipinski definition) is 4. The van der Waals surface area contributed by atoms with Gasteiger partial charge in [-0.15, -0.1) is 0 Å². The van der Waals surface area contributed by atoms with Gasteiger partial charge in [-0.1, -0.05) is 39.8 Å². The van der Waals surface area contributed by atoms with E-state index in [0.717, 1.165) is 46.4 Å². The Morgan fingerprint density at radius 2 is 1.30 bits per heavy atom. The first kappa shape index (κ1) is 45.7. The molecule has 5 unspecified atom stereocenters. The summed E-state index contributed by atoms with van der Waals surface area (Å²) in [7, 11) is 3.85. The number of nitrogens with zero attached hydrogens (tertiary/aromatic N) is 5. The van der Waals surface area contributed by atoms with Crippen molar-refractivity contribution < 1.29 is 51.0 Å². The van der Waals surface area contributed by atoms with E-state index in [-0.39, 0.29) is 17.7 Å². The fourth-order valence-electron chi connectivity index (χ4n) is 8.94. The van der Waals surface area contributed by atoms with Crippen LogP contribution in [0.1, 0.15) is 83.3 Å². The first-order valence-electron chi connectivity index (χ1n) is 21.0. The topological polar surface area (TPSA) is 187 Å². The van der Waals surface area contributed by atoms with Crippen LogP contribution < -0.4 is 20.3 Å². The number of aromatic nitrogens is 4.